The van der Waals surface area contributed by atoms with Gasteiger partial charge >= 0.3 is 0 Å². The van der Waals surface area contributed by atoms with Crippen LogP contribution in [0.5, 0.6) is 0 Å². The van der Waals surface area contributed by atoms with Crippen LogP contribution in [0.15, 0.2) is 29.1 Å². The molecule has 1 aromatic heterocycles. The molecule has 0 amide bonds. The van der Waals surface area contributed by atoms with Crippen molar-refractivity contribution in [1.82, 2.24) is 9.55 Å². The first-order valence-electron chi connectivity index (χ1n) is 6.42. The monoisotopic (exact) mass is 276 g/mol. The van der Waals surface area contributed by atoms with Crippen LogP contribution in [0, 0.1) is 4.77 Å². The van der Waals surface area contributed by atoms with E-state index in [4.69, 9.17) is 12.2 Å². The number of aromatic nitrogens is 2. The van der Waals surface area contributed by atoms with E-state index in [2.05, 4.69) is 11.9 Å². The van der Waals surface area contributed by atoms with Gasteiger partial charge in [-0.05, 0) is 30.8 Å². The molecule has 0 saturated carbocycles. The molecule has 0 aliphatic rings. The maximum atomic E-state index is 12.3. The fraction of sp³-hybridized carbons (Fsp3) is 0.357. The van der Waals surface area contributed by atoms with E-state index in [1.54, 1.807) is 18.2 Å². The third-order valence-corrected chi connectivity index (χ3v) is 3.33. The lowest BCUT2D eigenvalue weighted by Crippen LogP contribution is -2.28. The Morgan fingerprint density at radius 3 is 2.79 bits per heavy atom. The summed E-state index contributed by atoms with van der Waals surface area (Å²) in [6.45, 7) is 2.07. The summed E-state index contributed by atoms with van der Waals surface area (Å²) in [5, 5.41) is 0.486. The van der Waals surface area contributed by atoms with Crippen molar-refractivity contribution < 1.29 is 4.79 Å². The number of rotatable bonds is 4. The maximum Gasteiger partial charge on any atom is 0.268 e. The molecular weight excluding hydrogens is 260 g/mol. The van der Waals surface area contributed by atoms with Crippen molar-refractivity contribution in [2.75, 3.05) is 0 Å². The molecule has 5 heteroatoms. The van der Waals surface area contributed by atoms with Crippen molar-refractivity contribution in [3.8, 4) is 0 Å². The second kappa shape index (κ2) is 5.93. The predicted molar refractivity (Wildman–Crippen MR) is 78.2 cm³/mol. The minimum Gasteiger partial charge on any atom is -0.331 e. The summed E-state index contributed by atoms with van der Waals surface area (Å²) in [4.78, 5) is 27.3. The summed E-state index contributed by atoms with van der Waals surface area (Å²) in [5.41, 5.74) is 0.330. The molecule has 0 atom stereocenters. The fourth-order valence-electron chi connectivity index (χ4n) is 2.03. The number of carbonyl (C=O) groups excluding carboxylic acids is 1. The molecule has 0 aliphatic carbocycles. The molecule has 0 saturated heterocycles. The van der Waals surface area contributed by atoms with E-state index in [9.17, 15) is 9.59 Å². The van der Waals surface area contributed by atoms with E-state index in [-0.39, 0.29) is 16.2 Å². The summed E-state index contributed by atoms with van der Waals surface area (Å²) in [6.07, 6.45) is 3.14. The van der Waals surface area contributed by atoms with Gasteiger partial charge < -0.3 is 4.98 Å². The van der Waals surface area contributed by atoms with Crippen LogP contribution < -0.4 is 5.56 Å². The van der Waals surface area contributed by atoms with Crippen LogP contribution in [-0.2, 0) is 0 Å². The van der Waals surface area contributed by atoms with Gasteiger partial charge in [0, 0.05) is 6.42 Å². The number of para-hydroxylation sites is 1. The van der Waals surface area contributed by atoms with Crippen LogP contribution in [0.2, 0.25) is 0 Å². The van der Waals surface area contributed by atoms with Crippen molar-refractivity contribution in [3.63, 3.8) is 0 Å². The molecule has 1 N–H and O–H groups in total. The number of H-pyrrole nitrogens is 1. The number of hydrogen-bond donors (Lipinski definition) is 1. The van der Waals surface area contributed by atoms with Gasteiger partial charge in [-0.25, -0.2) is 4.57 Å². The van der Waals surface area contributed by atoms with Crippen molar-refractivity contribution in [2.45, 2.75) is 32.6 Å². The van der Waals surface area contributed by atoms with Gasteiger partial charge in [-0.1, -0.05) is 31.9 Å². The van der Waals surface area contributed by atoms with E-state index in [0.29, 0.717) is 17.3 Å². The first-order chi connectivity index (χ1) is 9.15. The van der Waals surface area contributed by atoms with E-state index >= 15 is 0 Å². The Balaban J connectivity index is 2.46. The molecule has 4 nitrogen and oxygen atoms in total. The Morgan fingerprint density at radius 1 is 1.32 bits per heavy atom. The van der Waals surface area contributed by atoms with Gasteiger partial charge in [-0.15, -0.1) is 0 Å². The summed E-state index contributed by atoms with van der Waals surface area (Å²) >= 11 is 5.11. The Labute approximate surface area is 116 Å². The molecule has 0 fully saturated rings. The molecule has 100 valence electrons. The Hall–Kier alpha value is -1.75. The topological polar surface area (TPSA) is 54.9 Å². The standard InChI is InChI=1S/C14H16N2O2S/c1-2-3-4-9-12(17)16-13(18)10-7-5-6-8-11(10)15-14(16)19/h5-8H,2-4,9H2,1H3,(H,15,19). The van der Waals surface area contributed by atoms with Crippen LogP contribution >= 0.6 is 12.2 Å². The number of benzene rings is 1. The lowest BCUT2D eigenvalue weighted by atomic mass is 10.2. The minimum absolute atomic E-state index is 0.171. The smallest absolute Gasteiger partial charge is 0.268 e. The van der Waals surface area contributed by atoms with Crippen molar-refractivity contribution >= 4 is 29.0 Å². The third kappa shape index (κ3) is 2.81. The Bertz CT molecular complexity index is 715. The molecule has 19 heavy (non-hydrogen) atoms. The zero-order valence-electron chi connectivity index (χ0n) is 10.8. The van der Waals surface area contributed by atoms with Crippen LogP contribution in [0.4, 0.5) is 0 Å². The first kappa shape index (κ1) is 13.7. The van der Waals surface area contributed by atoms with Crippen LogP contribution in [0.1, 0.15) is 37.4 Å². The van der Waals surface area contributed by atoms with Crippen molar-refractivity contribution in [3.05, 3.63) is 39.4 Å². The number of unbranched alkanes of at least 4 members (excludes halogenated alkanes) is 2. The maximum absolute atomic E-state index is 12.3. The van der Waals surface area contributed by atoms with Crippen molar-refractivity contribution in [2.24, 2.45) is 0 Å². The molecule has 0 radical (unpaired) electrons. The van der Waals surface area contributed by atoms with Gasteiger partial charge in [0.25, 0.3) is 5.56 Å². The fourth-order valence-corrected chi connectivity index (χ4v) is 2.32. The van der Waals surface area contributed by atoms with Gasteiger partial charge in [-0.3, -0.25) is 9.59 Å². The molecule has 2 rings (SSSR count). The number of hydrogen-bond acceptors (Lipinski definition) is 3. The Kier molecular flexibility index (Phi) is 4.27. The summed E-state index contributed by atoms with van der Waals surface area (Å²) < 4.78 is 1.25. The van der Waals surface area contributed by atoms with E-state index in [1.165, 1.54) is 0 Å². The molecule has 0 unspecified atom stereocenters. The number of nitrogens with one attached hydrogen (secondary N) is 1. The summed E-state index contributed by atoms with van der Waals surface area (Å²) in [5.74, 6) is -0.231. The molecule has 1 heterocycles. The zero-order valence-corrected chi connectivity index (χ0v) is 11.6. The van der Waals surface area contributed by atoms with E-state index in [0.717, 1.165) is 23.8 Å². The lowest BCUT2D eigenvalue weighted by molar-refractivity contribution is 0.0892. The normalized spacial score (nSPS) is 10.8. The number of nitrogens with zero attached hydrogens (tertiary/aromatic N) is 1. The second-order valence-electron chi connectivity index (χ2n) is 4.47. The van der Waals surface area contributed by atoms with Gasteiger partial charge in [0.2, 0.25) is 5.91 Å². The van der Waals surface area contributed by atoms with Gasteiger partial charge in [-0.2, -0.15) is 0 Å². The van der Waals surface area contributed by atoms with Crippen LogP contribution in [0.3, 0.4) is 0 Å². The lowest BCUT2D eigenvalue weighted by Gasteiger charge is -2.06. The molecule has 0 spiro atoms. The number of aromatic amines is 1. The molecule has 1 aromatic carbocycles. The average molecular weight is 276 g/mol. The highest BCUT2D eigenvalue weighted by atomic mass is 32.1. The largest absolute Gasteiger partial charge is 0.331 e. The van der Waals surface area contributed by atoms with Crippen molar-refractivity contribution in [1.29, 1.82) is 0 Å². The first-order valence-corrected chi connectivity index (χ1v) is 6.83. The third-order valence-electron chi connectivity index (χ3n) is 3.05. The molecule has 0 aliphatic heterocycles. The van der Waals surface area contributed by atoms with Crippen LogP contribution in [-0.4, -0.2) is 15.5 Å². The minimum atomic E-state index is -0.333. The molecular formula is C14H16N2O2S. The highest BCUT2D eigenvalue weighted by molar-refractivity contribution is 7.71. The highest BCUT2D eigenvalue weighted by Crippen LogP contribution is 2.07. The van der Waals surface area contributed by atoms with E-state index < -0.39 is 0 Å². The Morgan fingerprint density at radius 2 is 2.05 bits per heavy atom. The summed E-state index contributed by atoms with van der Waals surface area (Å²) in [6, 6.07) is 7.06. The quantitative estimate of drug-likeness (QED) is 0.688. The van der Waals surface area contributed by atoms with Gasteiger partial charge in [0.05, 0.1) is 10.9 Å². The SMILES string of the molecule is CCCCCC(=O)n1c(=S)[nH]c2ccccc2c1=O. The zero-order chi connectivity index (χ0) is 13.8. The predicted octanol–water partition coefficient (Wildman–Crippen LogP) is 3.28. The van der Waals surface area contributed by atoms with E-state index in [1.807, 2.05) is 6.07 Å². The molecule has 2 aromatic rings. The highest BCUT2D eigenvalue weighted by Gasteiger charge is 2.11. The number of fused-ring (bicyclic) bond motifs is 1. The molecule has 0 bridgehead atoms. The van der Waals surface area contributed by atoms with Gasteiger partial charge in [0.1, 0.15) is 0 Å². The summed E-state index contributed by atoms with van der Waals surface area (Å²) in [7, 11) is 0. The van der Waals surface area contributed by atoms with Crippen LogP contribution in [0.25, 0.3) is 10.9 Å². The second-order valence-corrected chi connectivity index (χ2v) is 4.85. The average Bonchev–Trinajstić information content (AvgIpc) is 2.39. The number of carbonyl (C=O) groups is 1. The van der Waals surface area contributed by atoms with Gasteiger partial charge in [0.15, 0.2) is 4.77 Å².